The number of rotatable bonds is 3. The molecule has 2 bridgehead atoms. The van der Waals surface area contributed by atoms with Crippen LogP contribution in [0.3, 0.4) is 0 Å². The van der Waals surface area contributed by atoms with Crippen molar-refractivity contribution in [3.05, 3.63) is 71.6 Å². The van der Waals surface area contributed by atoms with E-state index in [4.69, 9.17) is 0 Å². The molecule has 0 amide bonds. The molecule has 1 saturated heterocycles. The van der Waals surface area contributed by atoms with Crippen LogP contribution in [0.2, 0.25) is 0 Å². The fraction of sp³-hybridized carbons (Fsp3) is 0.381. The summed E-state index contributed by atoms with van der Waals surface area (Å²) in [7, 11) is 0. The van der Waals surface area contributed by atoms with Gasteiger partial charge in [-0.2, -0.15) is 0 Å². The van der Waals surface area contributed by atoms with Gasteiger partial charge in [0.05, 0.1) is 5.69 Å². The van der Waals surface area contributed by atoms with E-state index in [9.17, 15) is 0 Å². The standard InChI is InChI=1S/C21H24N2/c1-16-10-11-21(22-14-16)18-12-19-8-5-9-20(13-18)23(19)15-17-6-3-2-4-7-17/h2-4,6-7,10-12,14,19-20H,5,8-9,13,15H2,1H3. The van der Waals surface area contributed by atoms with Crippen molar-refractivity contribution in [2.45, 2.75) is 51.2 Å². The zero-order valence-corrected chi connectivity index (χ0v) is 13.8. The number of fused-ring (bicyclic) bond motifs is 2. The first-order chi connectivity index (χ1) is 11.3. The Kier molecular flexibility index (Phi) is 4.00. The van der Waals surface area contributed by atoms with E-state index in [0.717, 1.165) is 13.0 Å². The van der Waals surface area contributed by atoms with Gasteiger partial charge in [-0.1, -0.05) is 48.9 Å². The molecule has 2 aromatic rings. The number of pyridine rings is 1. The van der Waals surface area contributed by atoms with Crippen molar-refractivity contribution in [2.75, 3.05) is 0 Å². The van der Waals surface area contributed by atoms with Crippen molar-refractivity contribution in [2.24, 2.45) is 0 Å². The number of aromatic nitrogens is 1. The number of benzene rings is 1. The molecule has 0 radical (unpaired) electrons. The molecule has 2 unspecified atom stereocenters. The van der Waals surface area contributed by atoms with E-state index in [1.807, 2.05) is 6.20 Å². The third-order valence-electron chi connectivity index (χ3n) is 5.23. The van der Waals surface area contributed by atoms with Gasteiger partial charge in [0, 0.05) is 24.8 Å². The molecule has 1 aromatic heterocycles. The molecule has 2 atom stereocenters. The molecule has 0 aliphatic carbocycles. The molecule has 3 heterocycles. The topological polar surface area (TPSA) is 16.1 Å². The average molecular weight is 304 g/mol. The third kappa shape index (κ3) is 3.09. The Morgan fingerprint density at radius 1 is 1.09 bits per heavy atom. The SMILES string of the molecule is Cc1ccc(C2=CC3CCCC(C2)N3Cc2ccccc2)nc1. The van der Waals surface area contributed by atoms with E-state index in [-0.39, 0.29) is 0 Å². The molecule has 23 heavy (non-hydrogen) atoms. The minimum atomic E-state index is 0.570. The molecule has 4 rings (SSSR count). The van der Waals surface area contributed by atoms with Gasteiger partial charge in [-0.05, 0) is 49.0 Å². The third-order valence-corrected chi connectivity index (χ3v) is 5.23. The van der Waals surface area contributed by atoms with Crippen LogP contribution in [0, 0.1) is 6.92 Å². The van der Waals surface area contributed by atoms with Crippen LogP contribution in [0.15, 0.2) is 54.7 Å². The first-order valence-corrected chi connectivity index (χ1v) is 8.73. The molecule has 2 aliphatic rings. The lowest BCUT2D eigenvalue weighted by Gasteiger charge is -2.45. The summed E-state index contributed by atoms with van der Waals surface area (Å²) >= 11 is 0. The highest BCUT2D eigenvalue weighted by Crippen LogP contribution is 2.37. The van der Waals surface area contributed by atoms with E-state index < -0.39 is 0 Å². The normalized spacial score (nSPS) is 24.3. The summed E-state index contributed by atoms with van der Waals surface area (Å²) in [5.74, 6) is 0. The van der Waals surface area contributed by atoms with Gasteiger partial charge in [-0.3, -0.25) is 9.88 Å². The molecule has 0 N–H and O–H groups in total. The average Bonchev–Trinajstić information content (AvgIpc) is 2.56. The summed E-state index contributed by atoms with van der Waals surface area (Å²) in [6, 6.07) is 16.5. The summed E-state index contributed by atoms with van der Waals surface area (Å²) in [6.07, 6.45) is 9.55. The van der Waals surface area contributed by atoms with Gasteiger partial charge >= 0.3 is 0 Å². The first-order valence-electron chi connectivity index (χ1n) is 8.73. The monoisotopic (exact) mass is 304 g/mol. The van der Waals surface area contributed by atoms with Crippen molar-refractivity contribution in [3.8, 4) is 0 Å². The predicted molar refractivity (Wildman–Crippen MR) is 95.0 cm³/mol. The predicted octanol–water partition coefficient (Wildman–Crippen LogP) is 4.60. The lowest BCUT2D eigenvalue weighted by molar-refractivity contribution is 0.0950. The summed E-state index contributed by atoms with van der Waals surface area (Å²) in [5.41, 5.74) is 5.28. The van der Waals surface area contributed by atoms with Gasteiger partial charge in [0.25, 0.3) is 0 Å². The lowest BCUT2D eigenvalue weighted by atomic mass is 9.83. The Labute approximate surface area is 138 Å². The van der Waals surface area contributed by atoms with Gasteiger partial charge < -0.3 is 0 Å². The summed E-state index contributed by atoms with van der Waals surface area (Å²) in [5, 5.41) is 0. The Hall–Kier alpha value is -1.93. The molecule has 2 nitrogen and oxygen atoms in total. The van der Waals surface area contributed by atoms with Crippen molar-refractivity contribution in [3.63, 3.8) is 0 Å². The maximum absolute atomic E-state index is 4.65. The number of nitrogens with zero attached hydrogens (tertiary/aromatic N) is 2. The van der Waals surface area contributed by atoms with E-state index in [1.165, 1.54) is 41.7 Å². The molecule has 2 heteroatoms. The number of hydrogen-bond donors (Lipinski definition) is 0. The quantitative estimate of drug-likeness (QED) is 0.824. The number of aryl methyl sites for hydroxylation is 1. The summed E-state index contributed by atoms with van der Waals surface area (Å²) in [4.78, 5) is 7.36. The van der Waals surface area contributed by atoms with Crippen LogP contribution >= 0.6 is 0 Å². The fourth-order valence-corrected chi connectivity index (χ4v) is 4.01. The maximum Gasteiger partial charge on any atom is 0.0659 e. The molecule has 0 saturated carbocycles. The van der Waals surface area contributed by atoms with Crippen LogP contribution in [0.1, 0.15) is 42.5 Å². The first kappa shape index (κ1) is 14.6. The van der Waals surface area contributed by atoms with Gasteiger partial charge in [0.1, 0.15) is 0 Å². The van der Waals surface area contributed by atoms with Crippen molar-refractivity contribution < 1.29 is 0 Å². The minimum absolute atomic E-state index is 0.570. The van der Waals surface area contributed by atoms with E-state index in [2.05, 4.69) is 65.3 Å². The summed E-state index contributed by atoms with van der Waals surface area (Å²) in [6.45, 7) is 3.17. The summed E-state index contributed by atoms with van der Waals surface area (Å²) < 4.78 is 0. The van der Waals surface area contributed by atoms with Gasteiger partial charge in [0.2, 0.25) is 0 Å². The van der Waals surface area contributed by atoms with Crippen LogP contribution in [-0.4, -0.2) is 22.0 Å². The molecule has 1 aromatic carbocycles. The number of hydrogen-bond acceptors (Lipinski definition) is 2. The highest BCUT2D eigenvalue weighted by atomic mass is 15.2. The number of piperidine rings is 1. The molecular weight excluding hydrogens is 280 g/mol. The van der Waals surface area contributed by atoms with E-state index in [1.54, 1.807) is 0 Å². The lowest BCUT2D eigenvalue weighted by Crippen LogP contribution is -2.47. The highest BCUT2D eigenvalue weighted by molar-refractivity contribution is 5.65. The van der Waals surface area contributed by atoms with E-state index in [0.29, 0.717) is 12.1 Å². The molecule has 0 spiro atoms. The smallest absolute Gasteiger partial charge is 0.0659 e. The largest absolute Gasteiger partial charge is 0.289 e. The second-order valence-electron chi connectivity index (χ2n) is 6.93. The Balaban J connectivity index is 1.59. The zero-order valence-electron chi connectivity index (χ0n) is 13.8. The highest BCUT2D eigenvalue weighted by Gasteiger charge is 2.34. The zero-order chi connectivity index (χ0) is 15.6. The van der Waals surface area contributed by atoms with Crippen LogP contribution in [0.5, 0.6) is 0 Å². The maximum atomic E-state index is 4.65. The van der Waals surface area contributed by atoms with Gasteiger partial charge in [-0.15, -0.1) is 0 Å². The van der Waals surface area contributed by atoms with Gasteiger partial charge in [-0.25, -0.2) is 0 Å². The van der Waals surface area contributed by atoms with Crippen LogP contribution < -0.4 is 0 Å². The minimum Gasteiger partial charge on any atom is -0.289 e. The van der Waals surface area contributed by atoms with Crippen molar-refractivity contribution in [1.29, 1.82) is 0 Å². The van der Waals surface area contributed by atoms with Crippen LogP contribution in [0.4, 0.5) is 0 Å². The van der Waals surface area contributed by atoms with Crippen LogP contribution in [0.25, 0.3) is 5.57 Å². The fourth-order valence-electron chi connectivity index (χ4n) is 4.01. The van der Waals surface area contributed by atoms with Crippen LogP contribution in [-0.2, 0) is 6.54 Å². The Bertz CT molecular complexity index is 688. The molecule has 2 aliphatic heterocycles. The Morgan fingerprint density at radius 2 is 1.96 bits per heavy atom. The van der Waals surface area contributed by atoms with Crippen molar-refractivity contribution in [1.82, 2.24) is 9.88 Å². The van der Waals surface area contributed by atoms with Crippen molar-refractivity contribution >= 4 is 5.57 Å². The van der Waals surface area contributed by atoms with Gasteiger partial charge in [0.15, 0.2) is 0 Å². The van der Waals surface area contributed by atoms with E-state index >= 15 is 0 Å². The molecular formula is C21H24N2. The molecule has 118 valence electrons. The second-order valence-corrected chi connectivity index (χ2v) is 6.93. The molecule has 1 fully saturated rings. The Morgan fingerprint density at radius 3 is 2.70 bits per heavy atom. The second kappa shape index (κ2) is 6.29.